The largest absolute Gasteiger partial charge is 0.475 e. The maximum Gasteiger partial charge on any atom is 0.372 e. The number of halogens is 2. The summed E-state index contributed by atoms with van der Waals surface area (Å²) in [7, 11) is 0. The van der Waals surface area contributed by atoms with Gasteiger partial charge >= 0.3 is 5.97 Å². The van der Waals surface area contributed by atoms with E-state index in [9.17, 15) is 4.79 Å². The van der Waals surface area contributed by atoms with Crippen molar-refractivity contribution in [3.63, 3.8) is 0 Å². The van der Waals surface area contributed by atoms with Crippen LogP contribution < -0.4 is 5.32 Å². The van der Waals surface area contributed by atoms with Crippen LogP contribution in [0.3, 0.4) is 0 Å². The van der Waals surface area contributed by atoms with Crippen LogP contribution in [-0.2, 0) is 6.54 Å². The van der Waals surface area contributed by atoms with E-state index in [2.05, 4.69) is 5.32 Å². The van der Waals surface area contributed by atoms with E-state index in [-0.39, 0.29) is 5.76 Å². The summed E-state index contributed by atoms with van der Waals surface area (Å²) < 4.78 is 5.25. The number of benzene rings is 1. The summed E-state index contributed by atoms with van der Waals surface area (Å²) in [5.41, 5.74) is 2.15. The third-order valence-corrected chi connectivity index (χ3v) is 3.58. The van der Waals surface area contributed by atoms with Crippen molar-refractivity contribution in [1.82, 2.24) is 0 Å². The number of anilines is 1. The molecule has 0 aliphatic rings. The van der Waals surface area contributed by atoms with E-state index in [1.54, 1.807) is 25.1 Å². The minimum Gasteiger partial charge on any atom is -0.475 e. The maximum absolute atomic E-state index is 10.9. The van der Waals surface area contributed by atoms with Crippen LogP contribution in [0.5, 0.6) is 0 Å². The highest BCUT2D eigenvalue weighted by Crippen LogP contribution is 2.29. The molecule has 1 heterocycles. The van der Waals surface area contributed by atoms with Gasteiger partial charge in [-0.1, -0.05) is 23.2 Å². The molecule has 0 bridgehead atoms. The van der Waals surface area contributed by atoms with E-state index < -0.39 is 5.97 Å². The minimum absolute atomic E-state index is 0.0464. The first-order valence-corrected chi connectivity index (χ1v) is 6.66. The normalized spacial score (nSPS) is 10.6. The number of carboxylic acids is 1. The van der Waals surface area contributed by atoms with Gasteiger partial charge in [0.2, 0.25) is 5.76 Å². The number of carboxylic acid groups (broad SMARTS) is 1. The van der Waals surface area contributed by atoms with Crippen molar-refractivity contribution in [2.75, 3.05) is 5.32 Å². The average Bonchev–Trinajstić information content (AvgIpc) is 2.74. The predicted molar refractivity (Wildman–Crippen MR) is 78.9 cm³/mol. The monoisotopic (exact) mass is 313 g/mol. The van der Waals surface area contributed by atoms with Gasteiger partial charge in [-0.05, 0) is 37.6 Å². The molecule has 2 aromatic rings. The van der Waals surface area contributed by atoms with E-state index >= 15 is 0 Å². The highest BCUT2D eigenvalue weighted by molar-refractivity contribution is 6.35. The lowest BCUT2D eigenvalue weighted by Gasteiger charge is -2.09. The SMILES string of the molecule is Cc1cc(Cl)c(NCc2cc(C)c(C(=O)O)o2)cc1Cl. The van der Waals surface area contributed by atoms with Gasteiger partial charge in [0.15, 0.2) is 0 Å². The third kappa shape index (κ3) is 3.08. The molecule has 0 aliphatic carbocycles. The summed E-state index contributed by atoms with van der Waals surface area (Å²) in [5, 5.41) is 13.2. The molecule has 2 rings (SSSR count). The Morgan fingerprint density at radius 2 is 1.90 bits per heavy atom. The van der Waals surface area contributed by atoms with Crippen molar-refractivity contribution >= 4 is 34.9 Å². The Bertz CT molecular complexity index is 665. The van der Waals surface area contributed by atoms with Gasteiger partial charge in [-0.25, -0.2) is 4.79 Å². The molecule has 2 N–H and O–H groups in total. The van der Waals surface area contributed by atoms with Crippen LogP contribution in [-0.4, -0.2) is 11.1 Å². The highest BCUT2D eigenvalue weighted by Gasteiger charge is 2.14. The number of hydrogen-bond donors (Lipinski definition) is 2. The van der Waals surface area contributed by atoms with Crippen molar-refractivity contribution in [3.05, 3.63) is 50.9 Å². The van der Waals surface area contributed by atoms with E-state index in [1.807, 2.05) is 6.92 Å². The predicted octanol–water partition coefficient (Wildman–Crippen LogP) is 4.51. The summed E-state index contributed by atoms with van der Waals surface area (Å²) >= 11 is 12.1. The average molecular weight is 314 g/mol. The molecular weight excluding hydrogens is 301 g/mol. The molecule has 0 aliphatic heterocycles. The van der Waals surface area contributed by atoms with Crippen LogP contribution in [0.4, 0.5) is 5.69 Å². The Kier molecular flexibility index (Phi) is 4.26. The zero-order valence-electron chi connectivity index (χ0n) is 11.0. The lowest BCUT2D eigenvalue weighted by molar-refractivity contribution is 0.0659. The van der Waals surface area contributed by atoms with E-state index in [1.165, 1.54) is 0 Å². The van der Waals surface area contributed by atoms with Crippen molar-refractivity contribution < 1.29 is 14.3 Å². The number of furan rings is 1. The topological polar surface area (TPSA) is 62.5 Å². The Morgan fingerprint density at radius 1 is 1.20 bits per heavy atom. The molecule has 1 aromatic carbocycles. The first kappa shape index (κ1) is 14.8. The van der Waals surface area contributed by atoms with Crippen LogP contribution in [0, 0.1) is 13.8 Å². The standard InChI is InChI=1S/C14H13Cl2NO3/c1-7-4-11(16)12(5-10(7)15)17-6-9-3-8(2)13(20-9)14(18)19/h3-5,17H,6H2,1-2H3,(H,18,19). The number of nitrogens with one attached hydrogen (secondary N) is 1. The van der Waals surface area contributed by atoms with Gasteiger partial charge < -0.3 is 14.8 Å². The Hall–Kier alpha value is -1.65. The second kappa shape index (κ2) is 5.77. The van der Waals surface area contributed by atoms with Gasteiger partial charge in [-0.15, -0.1) is 0 Å². The number of aryl methyl sites for hydroxylation is 2. The van der Waals surface area contributed by atoms with Gasteiger partial charge in [0.1, 0.15) is 5.76 Å². The molecule has 106 valence electrons. The fraction of sp³-hybridized carbons (Fsp3) is 0.214. The quantitative estimate of drug-likeness (QED) is 0.871. The fourth-order valence-corrected chi connectivity index (χ4v) is 2.26. The Labute approximate surface area is 126 Å². The van der Waals surface area contributed by atoms with Crippen molar-refractivity contribution in [2.24, 2.45) is 0 Å². The summed E-state index contributed by atoms with van der Waals surface area (Å²) in [4.78, 5) is 10.9. The Balaban J connectivity index is 2.15. The summed E-state index contributed by atoms with van der Waals surface area (Å²) in [5.74, 6) is -0.604. The van der Waals surface area contributed by atoms with Gasteiger partial charge in [-0.2, -0.15) is 0 Å². The molecular formula is C14H13Cl2NO3. The first-order chi connectivity index (χ1) is 9.38. The molecule has 6 heteroatoms. The second-order valence-corrected chi connectivity index (χ2v) is 5.28. The molecule has 0 saturated heterocycles. The highest BCUT2D eigenvalue weighted by atomic mass is 35.5. The lowest BCUT2D eigenvalue weighted by atomic mass is 10.2. The van der Waals surface area contributed by atoms with Gasteiger partial charge in [0.25, 0.3) is 0 Å². The minimum atomic E-state index is -1.08. The summed E-state index contributed by atoms with van der Waals surface area (Å²) in [6, 6.07) is 5.18. The number of rotatable bonds is 4. The molecule has 0 radical (unpaired) electrons. The molecule has 0 amide bonds. The third-order valence-electron chi connectivity index (χ3n) is 2.86. The number of hydrogen-bond acceptors (Lipinski definition) is 3. The molecule has 4 nitrogen and oxygen atoms in total. The Morgan fingerprint density at radius 3 is 2.50 bits per heavy atom. The smallest absolute Gasteiger partial charge is 0.372 e. The lowest BCUT2D eigenvalue weighted by Crippen LogP contribution is -1.99. The molecule has 20 heavy (non-hydrogen) atoms. The van der Waals surface area contributed by atoms with Crippen LogP contribution in [0.1, 0.15) is 27.4 Å². The van der Waals surface area contributed by atoms with Crippen LogP contribution in [0.25, 0.3) is 0 Å². The molecule has 0 spiro atoms. The van der Waals surface area contributed by atoms with Crippen LogP contribution >= 0.6 is 23.2 Å². The summed E-state index contributed by atoms with van der Waals surface area (Å²) in [6.45, 7) is 3.88. The molecule has 1 aromatic heterocycles. The molecule has 0 unspecified atom stereocenters. The zero-order valence-corrected chi connectivity index (χ0v) is 12.5. The molecule has 0 atom stereocenters. The first-order valence-electron chi connectivity index (χ1n) is 5.90. The second-order valence-electron chi connectivity index (χ2n) is 4.46. The van der Waals surface area contributed by atoms with Gasteiger partial charge in [0.05, 0.1) is 17.3 Å². The molecule has 0 fully saturated rings. The fourth-order valence-electron chi connectivity index (χ4n) is 1.81. The maximum atomic E-state index is 10.9. The van der Waals surface area contributed by atoms with Gasteiger partial charge in [0, 0.05) is 10.6 Å². The molecule has 0 saturated carbocycles. The van der Waals surface area contributed by atoms with Crippen molar-refractivity contribution in [1.29, 1.82) is 0 Å². The van der Waals surface area contributed by atoms with E-state index in [4.69, 9.17) is 32.7 Å². The van der Waals surface area contributed by atoms with Crippen LogP contribution in [0.2, 0.25) is 10.0 Å². The number of aromatic carboxylic acids is 1. The number of carbonyl (C=O) groups is 1. The van der Waals surface area contributed by atoms with Crippen LogP contribution in [0.15, 0.2) is 22.6 Å². The van der Waals surface area contributed by atoms with Crippen molar-refractivity contribution in [2.45, 2.75) is 20.4 Å². The zero-order chi connectivity index (χ0) is 14.9. The van der Waals surface area contributed by atoms with E-state index in [0.717, 1.165) is 5.56 Å². The van der Waals surface area contributed by atoms with Gasteiger partial charge in [-0.3, -0.25) is 0 Å². The van der Waals surface area contributed by atoms with Crippen molar-refractivity contribution in [3.8, 4) is 0 Å². The summed E-state index contributed by atoms with van der Waals surface area (Å²) in [6.07, 6.45) is 0. The van der Waals surface area contributed by atoms with E-state index in [0.29, 0.717) is 33.6 Å².